The zero-order valence-electron chi connectivity index (χ0n) is 14.2. The van der Waals surface area contributed by atoms with Crippen LogP contribution in [-0.4, -0.2) is 105 Å². The van der Waals surface area contributed by atoms with E-state index in [0.717, 1.165) is 6.42 Å². The van der Waals surface area contributed by atoms with Gasteiger partial charge in [0.1, 0.15) is 36.6 Å². The number of ether oxygens (including phenoxy) is 4. The lowest BCUT2D eigenvalue weighted by atomic mass is 9.98. The van der Waals surface area contributed by atoms with Gasteiger partial charge in [-0.15, -0.1) is 0 Å². The van der Waals surface area contributed by atoms with Crippen LogP contribution in [0.4, 0.5) is 0 Å². The lowest BCUT2D eigenvalue weighted by Gasteiger charge is -2.40. The highest BCUT2D eigenvalue weighted by Crippen LogP contribution is 2.29. The van der Waals surface area contributed by atoms with Gasteiger partial charge in [0, 0.05) is 0 Å². The Labute approximate surface area is 149 Å². The second-order valence-electron chi connectivity index (χ2n) is 6.26. The molecule has 0 amide bonds. The van der Waals surface area contributed by atoms with Crippen molar-refractivity contribution in [2.45, 2.75) is 75.1 Å². The minimum atomic E-state index is -1.85. The summed E-state index contributed by atoms with van der Waals surface area (Å²) in [5, 5.41) is 58.3. The Hall–Kier alpha value is -0.890. The van der Waals surface area contributed by atoms with Gasteiger partial charge in [-0.3, -0.25) is 0 Å². The molecule has 2 saturated heterocycles. The van der Waals surface area contributed by atoms with Crippen molar-refractivity contribution in [2.24, 2.45) is 0 Å². The predicted octanol–water partition coefficient (Wildman–Crippen LogP) is -3.41. The van der Waals surface area contributed by atoms with Crippen molar-refractivity contribution in [3.63, 3.8) is 0 Å². The van der Waals surface area contributed by atoms with Crippen molar-refractivity contribution in [3.8, 4) is 0 Å². The Bertz CT molecular complexity index is 461. The first-order valence-corrected chi connectivity index (χ1v) is 8.46. The van der Waals surface area contributed by atoms with Crippen molar-refractivity contribution >= 4 is 5.97 Å². The molecule has 0 unspecified atom stereocenters. The normalized spacial score (nSPS) is 43.4. The molecule has 0 aliphatic carbocycles. The molecule has 0 aromatic carbocycles. The van der Waals surface area contributed by atoms with Gasteiger partial charge in [-0.1, -0.05) is 13.3 Å². The summed E-state index contributed by atoms with van der Waals surface area (Å²) >= 11 is 0. The van der Waals surface area contributed by atoms with Crippen LogP contribution in [0, 0.1) is 0 Å². The van der Waals surface area contributed by atoms with Gasteiger partial charge in [0.2, 0.25) is 0 Å². The maximum absolute atomic E-state index is 12.2. The second kappa shape index (κ2) is 9.35. The lowest BCUT2D eigenvalue weighted by Crippen LogP contribution is -2.62. The molecule has 0 bridgehead atoms. The first-order chi connectivity index (χ1) is 12.3. The SMILES string of the molecule is CCCCOC(=O)[C@H]1O[C@@H](O)[C@H](O)[C@@H](O)[C@@H]1O[C@@H]1O[C@@H](CO)[C@H](O)[C@H]1O. The van der Waals surface area contributed by atoms with Crippen LogP contribution in [0.2, 0.25) is 0 Å². The molecule has 2 aliphatic rings. The van der Waals surface area contributed by atoms with E-state index in [1.165, 1.54) is 0 Å². The van der Waals surface area contributed by atoms with Gasteiger partial charge < -0.3 is 49.6 Å². The molecule has 0 spiro atoms. The summed E-state index contributed by atoms with van der Waals surface area (Å²) in [6, 6.07) is 0. The molecular formula is C15H26O11. The number of carbonyl (C=O) groups excluding carboxylic acids is 1. The topological polar surface area (TPSA) is 175 Å². The van der Waals surface area contributed by atoms with E-state index in [-0.39, 0.29) is 6.61 Å². The molecule has 0 aromatic rings. The Kier molecular flexibility index (Phi) is 7.70. The Balaban J connectivity index is 2.11. The van der Waals surface area contributed by atoms with Crippen LogP contribution in [0.1, 0.15) is 19.8 Å². The molecule has 6 N–H and O–H groups in total. The van der Waals surface area contributed by atoms with Crippen molar-refractivity contribution < 1.29 is 54.4 Å². The van der Waals surface area contributed by atoms with E-state index in [2.05, 4.69) is 0 Å². The number of aliphatic hydroxyl groups is 6. The molecule has 2 aliphatic heterocycles. The lowest BCUT2D eigenvalue weighted by molar-refractivity contribution is -0.314. The molecule has 26 heavy (non-hydrogen) atoms. The van der Waals surface area contributed by atoms with Crippen LogP contribution in [0.5, 0.6) is 0 Å². The summed E-state index contributed by atoms with van der Waals surface area (Å²) in [4.78, 5) is 12.2. The molecule has 152 valence electrons. The number of hydrogen-bond acceptors (Lipinski definition) is 11. The maximum Gasteiger partial charge on any atom is 0.338 e. The van der Waals surface area contributed by atoms with E-state index in [4.69, 9.17) is 24.1 Å². The largest absolute Gasteiger partial charge is 0.464 e. The number of unbranched alkanes of at least 4 members (excludes halogenated alkanes) is 1. The van der Waals surface area contributed by atoms with Gasteiger partial charge in [-0.25, -0.2) is 4.79 Å². The molecule has 2 fully saturated rings. The molecule has 11 nitrogen and oxygen atoms in total. The average molecular weight is 382 g/mol. The minimum Gasteiger partial charge on any atom is -0.464 e. The summed E-state index contributed by atoms with van der Waals surface area (Å²) in [6.45, 7) is 1.39. The number of carbonyl (C=O) groups is 1. The fourth-order valence-corrected chi connectivity index (χ4v) is 2.72. The summed E-state index contributed by atoms with van der Waals surface area (Å²) in [5.41, 5.74) is 0. The van der Waals surface area contributed by atoms with E-state index in [1.807, 2.05) is 6.92 Å². The fourth-order valence-electron chi connectivity index (χ4n) is 2.72. The summed E-state index contributed by atoms with van der Waals surface area (Å²) in [6.07, 6.45) is -12.8. The highest BCUT2D eigenvalue weighted by Gasteiger charge is 2.52. The van der Waals surface area contributed by atoms with Crippen LogP contribution in [-0.2, 0) is 23.7 Å². The number of esters is 1. The first kappa shape index (κ1) is 21.4. The van der Waals surface area contributed by atoms with E-state index in [9.17, 15) is 30.3 Å². The van der Waals surface area contributed by atoms with E-state index < -0.39 is 67.9 Å². The number of aliphatic hydroxyl groups excluding tert-OH is 6. The molecule has 0 radical (unpaired) electrons. The summed E-state index contributed by atoms with van der Waals surface area (Å²) in [5.74, 6) is -0.930. The van der Waals surface area contributed by atoms with Crippen LogP contribution in [0.15, 0.2) is 0 Å². The summed E-state index contributed by atoms with van der Waals surface area (Å²) < 4.78 is 20.5. The van der Waals surface area contributed by atoms with Crippen LogP contribution >= 0.6 is 0 Å². The van der Waals surface area contributed by atoms with Gasteiger partial charge >= 0.3 is 5.97 Å². The minimum absolute atomic E-state index is 0.0878. The van der Waals surface area contributed by atoms with Gasteiger partial charge in [-0.2, -0.15) is 0 Å². The number of hydrogen-bond donors (Lipinski definition) is 6. The van der Waals surface area contributed by atoms with Crippen LogP contribution in [0.3, 0.4) is 0 Å². The zero-order valence-corrected chi connectivity index (χ0v) is 14.2. The van der Waals surface area contributed by atoms with Gasteiger partial charge in [-0.05, 0) is 6.42 Å². The average Bonchev–Trinajstić information content (AvgIpc) is 2.89. The molecule has 0 saturated carbocycles. The van der Waals surface area contributed by atoms with Crippen molar-refractivity contribution in [2.75, 3.05) is 13.2 Å². The Morgan fingerprint density at radius 3 is 2.27 bits per heavy atom. The fraction of sp³-hybridized carbons (Fsp3) is 0.933. The van der Waals surface area contributed by atoms with Gasteiger partial charge in [0.05, 0.1) is 13.2 Å². The monoisotopic (exact) mass is 382 g/mol. The second-order valence-corrected chi connectivity index (χ2v) is 6.26. The maximum atomic E-state index is 12.2. The summed E-state index contributed by atoms with van der Waals surface area (Å²) in [7, 11) is 0. The van der Waals surface area contributed by atoms with Crippen molar-refractivity contribution in [1.82, 2.24) is 0 Å². The van der Waals surface area contributed by atoms with E-state index >= 15 is 0 Å². The van der Waals surface area contributed by atoms with Gasteiger partial charge in [0.25, 0.3) is 0 Å². The Morgan fingerprint density at radius 1 is 1.00 bits per heavy atom. The standard InChI is InChI=1S/C15H26O11/c1-2-3-4-23-14(22)12-11(8(18)9(19)13(21)25-12)26-15-10(20)7(17)6(5-16)24-15/h6-13,15-21H,2-5H2,1H3/t6-,7-,8+,9+,10+,11-,12-,13+,15-/m0/s1. The molecule has 2 rings (SSSR count). The van der Waals surface area contributed by atoms with E-state index in [0.29, 0.717) is 6.42 Å². The third-order valence-corrected chi connectivity index (χ3v) is 4.33. The van der Waals surface area contributed by atoms with Crippen molar-refractivity contribution in [1.29, 1.82) is 0 Å². The highest BCUT2D eigenvalue weighted by atomic mass is 16.7. The highest BCUT2D eigenvalue weighted by molar-refractivity contribution is 5.75. The molecule has 11 heteroatoms. The third kappa shape index (κ3) is 4.50. The smallest absolute Gasteiger partial charge is 0.338 e. The third-order valence-electron chi connectivity index (χ3n) is 4.33. The molecule has 0 aromatic heterocycles. The van der Waals surface area contributed by atoms with Crippen LogP contribution < -0.4 is 0 Å². The quantitative estimate of drug-likeness (QED) is 0.191. The predicted molar refractivity (Wildman–Crippen MR) is 81.4 cm³/mol. The zero-order chi connectivity index (χ0) is 19.4. The van der Waals surface area contributed by atoms with Crippen molar-refractivity contribution in [3.05, 3.63) is 0 Å². The first-order valence-electron chi connectivity index (χ1n) is 8.46. The molecule has 2 heterocycles. The van der Waals surface area contributed by atoms with Gasteiger partial charge in [0.15, 0.2) is 18.7 Å². The number of rotatable bonds is 7. The van der Waals surface area contributed by atoms with E-state index in [1.54, 1.807) is 0 Å². The Morgan fingerprint density at radius 2 is 1.69 bits per heavy atom. The molecule has 9 atom stereocenters. The van der Waals surface area contributed by atoms with Crippen LogP contribution in [0.25, 0.3) is 0 Å². The molecular weight excluding hydrogens is 356 g/mol.